The van der Waals surface area contributed by atoms with Gasteiger partial charge >= 0.3 is 0 Å². The first-order chi connectivity index (χ1) is 9.28. The summed E-state index contributed by atoms with van der Waals surface area (Å²) in [5, 5.41) is 5.38. The molecule has 98 valence electrons. The normalized spacial score (nSPS) is 12.9. The zero-order chi connectivity index (χ0) is 13.2. The van der Waals surface area contributed by atoms with Gasteiger partial charge in [0.25, 0.3) is 0 Å². The Kier molecular flexibility index (Phi) is 3.09. The van der Waals surface area contributed by atoms with Gasteiger partial charge in [-0.05, 0) is 18.6 Å². The Labute approximate surface area is 111 Å². The molecule has 0 amide bonds. The molecule has 0 aliphatic carbocycles. The molecule has 0 spiro atoms. The lowest BCUT2D eigenvalue weighted by molar-refractivity contribution is 0.524. The van der Waals surface area contributed by atoms with Crippen molar-refractivity contribution in [3.8, 4) is 0 Å². The number of nitrogens with zero attached hydrogens (tertiary/aromatic N) is 2. The van der Waals surface area contributed by atoms with Gasteiger partial charge in [-0.3, -0.25) is 4.68 Å². The van der Waals surface area contributed by atoms with Gasteiger partial charge in [0.1, 0.15) is 11.3 Å². The van der Waals surface area contributed by atoms with E-state index >= 15 is 0 Å². The topological polar surface area (TPSA) is 57.0 Å². The van der Waals surface area contributed by atoms with Crippen molar-refractivity contribution in [2.45, 2.75) is 25.9 Å². The molecular formula is C15H17N3O. The van der Waals surface area contributed by atoms with Crippen molar-refractivity contribution in [2.24, 2.45) is 5.73 Å². The average molecular weight is 255 g/mol. The maximum Gasteiger partial charge on any atom is 0.134 e. The molecule has 0 aliphatic rings. The second-order valence-electron chi connectivity index (χ2n) is 4.70. The largest absolute Gasteiger partial charge is 0.459 e. The van der Waals surface area contributed by atoms with Crippen LogP contribution in [0.3, 0.4) is 0 Å². The van der Waals surface area contributed by atoms with Crippen LogP contribution in [0.2, 0.25) is 0 Å². The number of aryl methyl sites for hydroxylation is 1. The molecule has 2 aromatic heterocycles. The Balaban J connectivity index is 1.91. The smallest absolute Gasteiger partial charge is 0.134 e. The zero-order valence-corrected chi connectivity index (χ0v) is 10.9. The van der Waals surface area contributed by atoms with Crippen molar-refractivity contribution in [1.82, 2.24) is 9.78 Å². The summed E-state index contributed by atoms with van der Waals surface area (Å²) < 4.78 is 7.71. The molecular weight excluding hydrogens is 238 g/mol. The molecule has 0 bridgehead atoms. The molecule has 3 aromatic rings. The van der Waals surface area contributed by atoms with Crippen LogP contribution >= 0.6 is 0 Å². The average Bonchev–Trinajstić information content (AvgIpc) is 3.04. The summed E-state index contributed by atoms with van der Waals surface area (Å²) in [4.78, 5) is 0. The van der Waals surface area contributed by atoms with Gasteiger partial charge in [-0.15, -0.1) is 0 Å². The van der Waals surface area contributed by atoms with Gasteiger partial charge in [-0.1, -0.05) is 25.1 Å². The maximum absolute atomic E-state index is 6.24. The first-order valence-electron chi connectivity index (χ1n) is 6.54. The summed E-state index contributed by atoms with van der Waals surface area (Å²) in [6.45, 7) is 3.04. The van der Waals surface area contributed by atoms with E-state index in [-0.39, 0.29) is 6.04 Å². The molecule has 4 heteroatoms. The zero-order valence-electron chi connectivity index (χ0n) is 10.9. The van der Waals surface area contributed by atoms with E-state index in [0.717, 1.165) is 35.3 Å². The lowest BCUT2D eigenvalue weighted by Crippen LogP contribution is -2.10. The first-order valence-corrected chi connectivity index (χ1v) is 6.54. The summed E-state index contributed by atoms with van der Waals surface area (Å²) >= 11 is 0. The molecule has 1 atom stereocenters. The third-order valence-corrected chi connectivity index (χ3v) is 3.22. The van der Waals surface area contributed by atoms with Crippen molar-refractivity contribution < 1.29 is 4.42 Å². The molecule has 0 saturated carbocycles. The maximum atomic E-state index is 6.24. The SMILES string of the molecule is CCCn1cc(C(N)c2cc3ccccc3o2)cn1. The Hall–Kier alpha value is -2.07. The van der Waals surface area contributed by atoms with Crippen LogP contribution in [0.1, 0.15) is 30.7 Å². The number of benzene rings is 1. The number of para-hydroxylation sites is 1. The number of hydrogen-bond acceptors (Lipinski definition) is 3. The predicted octanol–water partition coefficient (Wildman–Crippen LogP) is 3.09. The van der Waals surface area contributed by atoms with Crippen molar-refractivity contribution >= 4 is 11.0 Å². The molecule has 2 heterocycles. The minimum Gasteiger partial charge on any atom is -0.459 e. The summed E-state index contributed by atoms with van der Waals surface area (Å²) in [7, 11) is 0. The fraction of sp³-hybridized carbons (Fsp3) is 0.267. The Morgan fingerprint density at radius 1 is 1.37 bits per heavy atom. The van der Waals surface area contributed by atoms with Crippen molar-refractivity contribution in [1.29, 1.82) is 0 Å². The molecule has 1 aromatic carbocycles. The van der Waals surface area contributed by atoms with E-state index in [9.17, 15) is 0 Å². The Bertz CT molecular complexity index is 650. The molecule has 1 unspecified atom stereocenters. The molecule has 0 fully saturated rings. The third kappa shape index (κ3) is 2.27. The van der Waals surface area contributed by atoms with Gasteiger partial charge < -0.3 is 10.2 Å². The summed E-state index contributed by atoms with van der Waals surface area (Å²) in [5.41, 5.74) is 8.09. The lowest BCUT2D eigenvalue weighted by Gasteiger charge is -2.04. The standard InChI is InChI=1S/C15H17N3O/c1-2-7-18-10-12(9-17-18)15(16)14-8-11-5-3-4-6-13(11)19-14/h3-6,8-10,15H,2,7,16H2,1H3. The highest BCUT2D eigenvalue weighted by Crippen LogP contribution is 2.26. The van der Waals surface area contributed by atoms with E-state index in [4.69, 9.17) is 10.2 Å². The minimum absolute atomic E-state index is 0.266. The van der Waals surface area contributed by atoms with Crippen LogP contribution in [0, 0.1) is 0 Å². The molecule has 0 radical (unpaired) electrons. The van der Waals surface area contributed by atoms with Crippen LogP contribution in [-0.2, 0) is 6.54 Å². The fourth-order valence-corrected chi connectivity index (χ4v) is 2.21. The second kappa shape index (κ2) is 4.90. The highest BCUT2D eigenvalue weighted by Gasteiger charge is 2.15. The van der Waals surface area contributed by atoms with Crippen molar-refractivity contribution in [3.63, 3.8) is 0 Å². The van der Waals surface area contributed by atoms with Crippen molar-refractivity contribution in [3.05, 3.63) is 54.0 Å². The first kappa shape index (κ1) is 12.0. The lowest BCUT2D eigenvalue weighted by atomic mass is 10.1. The van der Waals surface area contributed by atoms with E-state index in [1.54, 1.807) is 0 Å². The highest BCUT2D eigenvalue weighted by atomic mass is 16.3. The van der Waals surface area contributed by atoms with Crippen LogP contribution in [0.15, 0.2) is 47.1 Å². The molecule has 3 rings (SSSR count). The number of aromatic nitrogens is 2. The van der Waals surface area contributed by atoms with Crippen molar-refractivity contribution in [2.75, 3.05) is 0 Å². The van der Waals surface area contributed by atoms with Gasteiger partial charge in [0.05, 0.1) is 12.2 Å². The Morgan fingerprint density at radius 2 is 2.21 bits per heavy atom. The number of furan rings is 1. The monoisotopic (exact) mass is 255 g/mol. The minimum atomic E-state index is -0.266. The second-order valence-corrected chi connectivity index (χ2v) is 4.70. The fourth-order valence-electron chi connectivity index (χ4n) is 2.21. The van der Waals surface area contributed by atoms with E-state index < -0.39 is 0 Å². The highest BCUT2D eigenvalue weighted by molar-refractivity contribution is 5.77. The van der Waals surface area contributed by atoms with Gasteiger partial charge in [0.2, 0.25) is 0 Å². The Morgan fingerprint density at radius 3 is 3.00 bits per heavy atom. The van der Waals surface area contributed by atoms with Gasteiger partial charge in [0, 0.05) is 23.7 Å². The quantitative estimate of drug-likeness (QED) is 0.779. The van der Waals surface area contributed by atoms with Crippen LogP contribution in [0.5, 0.6) is 0 Å². The molecule has 0 saturated heterocycles. The van der Waals surface area contributed by atoms with E-state index in [0.29, 0.717) is 0 Å². The molecule has 19 heavy (non-hydrogen) atoms. The number of fused-ring (bicyclic) bond motifs is 1. The van der Waals surface area contributed by atoms with E-state index in [1.165, 1.54) is 0 Å². The van der Waals surface area contributed by atoms with Gasteiger partial charge in [-0.2, -0.15) is 5.10 Å². The third-order valence-electron chi connectivity index (χ3n) is 3.22. The predicted molar refractivity (Wildman–Crippen MR) is 74.8 cm³/mol. The number of rotatable bonds is 4. The van der Waals surface area contributed by atoms with E-state index in [1.807, 2.05) is 47.4 Å². The van der Waals surface area contributed by atoms with Gasteiger partial charge in [-0.25, -0.2) is 0 Å². The van der Waals surface area contributed by atoms with Crippen LogP contribution < -0.4 is 5.73 Å². The molecule has 0 aliphatic heterocycles. The van der Waals surface area contributed by atoms with Gasteiger partial charge in [0.15, 0.2) is 0 Å². The molecule has 2 N–H and O–H groups in total. The van der Waals surface area contributed by atoms with Crippen LogP contribution in [0.4, 0.5) is 0 Å². The van der Waals surface area contributed by atoms with Crippen LogP contribution in [0.25, 0.3) is 11.0 Å². The number of nitrogens with two attached hydrogens (primary N) is 1. The van der Waals surface area contributed by atoms with E-state index in [2.05, 4.69) is 12.0 Å². The summed E-state index contributed by atoms with van der Waals surface area (Å²) in [6, 6.07) is 9.66. The number of hydrogen-bond donors (Lipinski definition) is 1. The van der Waals surface area contributed by atoms with Crippen LogP contribution in [-0.4, -0.2) is 9.78 Å². The summed E-state index contributed by atoms with van der Waals surface area (Å²) in [5.74, 6) is 0.775. The molecule has 4 nitrogen and oxygen atoms in total. The summed E-state index contributed by atoms with van der Waals surface area (Å²) in [6.07, 6.45) is 4.86.